The number of nitrogens with zero attached hydrogens (tertiary/aromatic N) is 4. The van der Waals surface area contributed by atoms with Crippen molar-refractivity contribution >= 4 is 43.4 Å². The van der Waals surface area contributed by atoms with E-state index in [1.54, 1.807) is 0 Å². The molecule has 0 amide bonds. The van der Waals surface area contributed by atoms with E-state index in [1.807, 2.05) is 18.2 Å². The van der Waals surface area contributed by atoms with Crippen LogP contribution in [0.2, 0.25) is 0 Å². The molecule has 0 aliphatic carbocycles. The van der Waals surface area contributed by atoms with Gasteiger partial charge >= 0.3 is 0 Å². The lowest BCUT2D eigenvalue weighted by Crippen LogP contribution is -2.06. The minimum absolute atomic E-state index is 0.589. The standard InChI is InChI=1S/C47H30N4/c1-3-13-31(14-4-1)37-22-11-18-34-19-12-23-38(43(34)37)33-25-27-36(28-26-33)46-48-45(35-16-5-2-6-17-35)49-47(50-46)51-41-24-10-9-21-40(41)44-39-20-8-7-15-32(39)29-30-42(44)51/h1-30H. The van der Waals surface area contributed by atoms with Crippen LogP contribution < -0.4 is 0 Å². The van der Waals surface area contributed by atoms with Crippen LogP contribution in [0.1, 0.15) is 0 Å². The van der Waals surface area contributed by atoms with E-state index >= 15 is 0 Å². The first-order valence-electron chi connectivity index (χ1n) is 17.2. The Morgan fingerprint density at radius 1 is 0.314 bits per heavy atom. The summed E-state index contributed by atoms with van der Waals surface area (Å²) in [6.45, 7) is 0. The fourth-order valence-corrected chi connectivity index (χ4v) is 7.50. The zero-order valence-electron chi connectivity index (χ0n) is 27.6. The Balaban J connectivity index is 1.16. The molecular formula is C47H30N4. The van der Waals surface area contributed by atoms with Crippen molar-refractivity contribution in [2.75, 3.05) is 0 Å². The molecule has 0 unspecified atom stereocenters. The summed E-state index contributed by atoms with van der Waals surface area (Å²) < 4.78 is 2.18. The average molecular weight is 651 g/mol. The van der Waals surface area contributed by atoms with E-state index in [9.17, 15) is 0 Å². The lowest BCUT2D eigenvalue weighted by molar-refractivity contribution is 0.953. The highest BCUT2D eigenvalue weighted by Crippen LogP contribution is 2.39. The molecule has 0 aliphatic rings. The fraction of sp³-hybridized carbons (Fsp3) is 0. The Morgan fingerprint density at radius 3 is 1.55 bits per heavy atom. The highest BCUT2D eigenvalue weighted by atomic mass is 15.2. The van der Waals surface area contributed by atoms with Gasteiger partial charge in [-0.25, -0.2) is 4.98 Å². The van der Waals surface area contributed by atoms with Gasteiger partial charge in [0.15, 0.2) is 11.6 Å². The molecule has 4 heteroatoms. The zero-order chi connectivity index (χ0) is 33.7. The van der Waals surface area contributed by atoms with E-state index in [4.69, 9.17) is 15.0 Å². The average Bonchev–Trinajstić information content (AvgIpc) is 3.56. The maximum absolute atomic E-state index is 5.20. The van der Waals surface area contributed by atoms with E-state index in [0.29, 0.717) is 17.6 Å². The fourth-order valence-electron chi connectivity index (χ4n) is 7.50. The molecule has 0 fully saturated rings. The number of rotatable bonds is 5. The van der Waals surface area contributed by atoms with Crippen molar-refractivity contribution in [3.63, 3.8) is 0 Å². The summed E-state index contributed by atoms with van der Waals surface area (Å²) in [6.07, 6.45) is 0. The molecule has 0 saturated carbocycles. The third-order valence-corrected chi connectivity index (χ3v) is 9.86. The topological polar surface area (TPSA) is 43.6 Å². The molecule has 10 aromatic rings. The lowest BCUT2D eigenvalue weighted by Gasteiger charge is -2.13. The van der Waals surface area contributed by atoms with Crippen molar-refractivity contribution in [2.24, 2.45) is 0 Å². The van der Waals surface area contributed by atoms with Crippen molar-refractivity contribution in [1.82, 2.24) is 19.5 Å². The maximum Gasteiger partial charge on any atom is 0.238 e. The van der Waals surface area contributed by atoms with Gasteiger partial charge in [-0.3, -0.25) is 4.57 Å². The largest absolute Gasteiger partial charge is 0.278 e. The maximum atomic E-state index is 5.20. The Kier molecular flexibility index (Phi) is 6.78. The molecule has 0 saturated heterocycles. The van der Waals surface area contributed by atoms with Crippen LogP contribution in [0.4, 0.5) is 0 Å². The van der Waals surface area contributed by atoms with Crippen molar-refractivity contribution in [3.8, 4) is 51.0 Å². The third kappa shape index (κ3) is 4.88. The van der Waals surface area contributed by atoms with Crippen molar-refractivity contribution in [3.05, 3.63) is 182 Å². The highest BCUT2D eigenvalue weighted by Gasteiger charge is 2.19. The number of para-hydroxylation sites is 1. The first-order valence-corrected chi connectivity index (χ1v) is 17.2. The number of benzene rings is 8. The SMILES string of the molecule is c1ccc(-c2nc(-c3ccc(-c4cccc5cccc(-c6ccccc6)c45)cc3)nc(-n3c4ccccc4c4c5ccccc5ccc43)n2)cc1. The van der Waals surface area contributed by atoms with Crippen LogP contribution in [0.25, 0.3) is 94.3 Å². The predicted molar refractivity (Wildman–Crippen MR) is 211 cm³/mol. The van der Waals surface area contributed by atoms with Crippen molar-refractivity contribution < 1.29 is 0 Å². The molecule has 238 valence electrons. The van der Waals surface area contributed by atoms with Gasteiger partial charge in [0.2, 0.25) is 5.95 Å². The van der Waals surface area contributed by atoms with Crippen LogP contribution in [-0.4, -0.2) is 19.5 Å². The van der Waals surface area contributed by atoms with E-state index in [-0.39, 0.29) is 0 Å². The molecule has 51 heavy (non-hydrogen) atoms. The first-order chi connectivity index (χ1) is 25.3. The van der Waals surface area contributed by atoms with Gasteiger partial charge in [0.25, 0.3) is 0 Å². The predicted octanol–water partition coefficient (Wildman–Crippen LogP) is 11.9. The normalized spacial score (nSPS) is 11.5. The summed E-state index contributed by atoms with van der Waals surface area (Å²) in [5.74, 6) is 1.85. The van der Waals surface area contributed by atoms with E-state index in [2.05, 4.69) is 168 Å². The molecule has 2 heterocycles. The van der Waals surface area contributed by atoms with E-state index in [1.165, 1.54) is 49.0 Å². The van der Waals surface area contributed by atoms with Gasteiger partial charge in [-0.1, -0.05) is 170 Å². The summed E-state index contributed by atoms with van der Waals surface area (Å²) in [5.41, 5.74) is 8.74. The van der Waals surface area contributed by atoms with Gasteiger partial charge in [-0.05, 0) is 55.9 Å². The second kappa shape index (κ2) is 11.9. The first kappa shape index (κ1) is 29.0. The molecule has 0 spiro atoms. The van der Waals surface area contributed by atoms with Crippen molar-refractivity contribution in [2.45, 2.75) is 0 Å². The Labute approximate surface area is 295 Å². The lowest BCUT2D eigenvalue weighted by atomic mass is 9.91. The quantitative estimate of drug-likeness (QED) is 0.186. The second-order valence-corrected chi connectivity index (χ2v) is 12.8. The molecule has 0 N–H and O–H groups in total. The smallest absolute Gasteiger partial charge is 0.238 e. The van der Waals surface area contributed by atoms with Crippen LogP contribution >= 0.6 is 0 Å². The number of hydrogen-bond donors (Lipinski definition) is 0. The van der Waals surface area contributed by atoms with Gasteiger partial charge in [0, 0.05) is 21.9 Å². The van der Waals surface area contributed by atoms with Gasteiger partial charge in [0.05, 0.1) is 11.0 Å². The van der Waals surface area contributed by atoms with Gasteiger partial charge in [-0.2, -0.15) is 9.97 Å². The number of aromatic nitrogens is 4. The van der Waals surface area contributed by atoms with Crippen molar-refractivity contribution in [1.29, 1.82) is 0 Å². The monoisotopic (exact) mass is 650 g/mol. The molecule has 4 nitrogen and oxygen atoms in total. The van der Waals surface area contributed by atoms with Gasteiger partial charge < -0.3 is 0 Å². The van der Waals surface area contributed by atoms with Gasteiger partial charge in [-0.15, -0.1) is 0 Å². The second-order valence-electron chi connectivity index (χ2n) is 12.8. The van der Waals surface area contributed by atoms with Crippen LogP contribution in [0.15, 0.2) is 182 Å². The number of hydrogen-bond acceptors (Lipinski definition) is 3. The molecule has 0 aliphatic heterocycles. The summed E-state index contributed by atoms with van der Waals surface area (Å²) in [7, 11) is 0. The van der Waals surface area contributed by atoms with E-state index < -0.39 is 0 Å². The summed E-state index contributed by atoms with van der Waals surface area (Å²) in [5, 5.41) is 7.24. The van der Waals surface area contributed by atoms with Crippen LogP contribution in [0.5, 0.6) is 0 Å². The molecule has 0 radical (unpaired) electrons. The third-order valence-electron chi connectivity index (χ3n) is 9.86. The molecule has 0 bridgehead atoms. The van der Waals surface area contributed by atoms with Crippen LogP contribution in [0, 0.1) is 0 Å². The highest BCUT2D eigenvalue weighted by molar-refractivity contribution is 6.21. The Morgan fingerprint density at radius 2 is 0.843 bits per heavy atom. The minimum Gasteiger partial charge on any atom is -0.278 e. The van der Waals surface area contributed by atoms with Crippen LogP contribution in [-0.2, 0) is 0 Å². The number of fused-ring (bicyclic) bond motifs is 6. The Bertz CT molecular complexity index is 2890. The summed E-state index contributed by atoms with van der Waals surface area (Å²) in [4.78, 5) is 15.4. The molecule has 2 aromatic heterocycles. The zero-order valence-corrected chi connectivity index (χ0v) is 27.6. The summed E-state index contributed by atoms with van der Waals surface area (Å²) in [6, 6.07) is 63.9. The van der Waals surface area contributed by atoms with Gasteiger partial charge in [0.1, 0.15) is 0 Å². The summed E-state index contributed by atoms with van der Waals surface area (Å²) >= 11 is 0. The molecule has 8 aromatic carbocycles. The Hall–Kier alpha value is -6.91. The molecule has 10 rings (SSSR count). The molecule has 0 atom stereocenters. The minimum atomic E-state index is 0.589. The van der Waals surface area contributed by atoms with E-state index in [0.717, 1.165) is 27.7 Å². The van der Waals surface area contributed by atoms with Crippen LogP contribution in [0.3, 0.4) is 0 Å². The molecular weight excluding hydrogens is 621 g/mol.